The van der Waals surface area contributed by atoms with Gasteiger partial charge < -0.3 is 15.4 Å². The first-order chi connectivity index (χ1) is 10.0. The monoisotopic (exact) mass is 368 g/mol. The topological polar surface area (TPSA) is 38.5 Å². The summed E-state index contributed by atoms with van der Waals surface area (Å²) in [5.74, 6) is 0.847. The van der Waals surface area contributed by atoms with Crippen LogP contribution in [0.1, 0.15) is 24.3 Å². The van der Waals surface area contributed by atoms with Crippen molar-refractivity contribution in [1.82, 2.24) is 0 Å². The summed E-state index contributed by atoms with van der Waals surface area (Å²) in [5, 5.41) is 2.06. The third-order valence-electron chi connectivity index (χ3n) is 3.33. The molecule has 0 amide bonds. The fourth-order valence-corrected chi connectivity index (χ4v) is 3.58. The molecule has 2 N–H and O–H groups in total. The van der Waals surface area contributed by atoms with Crippen LogP contribution in [-0.4, -0.2) is 20.1 Å². The van der Waals surface area contributed by atoms with Gasteiger partial charge in [0.1, 0.15) is 11.9 Å². The van der Waals surface area contributed by atoms with Crippen LogP contribution in [0.4, 0.5) is 5.69 Å². The van der Waals surface area contributed by atoms with Crippen molar-refractivity contribution in [2.75, 3.05) is 19.0 Å². The molecule has 2 aromatic rings. The molecule has 0 fully saturated rings. The lowest BCUT2D eigenvalue weighted by Crippen LogP contribution is -2.30. The number of thiophene rings is 1. The normalized spacial score (nSPS) is 13.8. The first kappa shape index (κ1) is 16.3. The molecular formula is C16H21BrN2OS. The Morgan fingerprint density at radius 1 is 1.33 bits per heavy atom. The Morgan fingerprint density at radius 3 is 2.67 bits per heavy atom. The fraction of sp³-hybridized carbons (Fsp3) is 0.375. The van der Waals surface area contributed by atoms with Gasteiger partial charge in [-0.25, -0.2) is 0 Å². The summed E-state index contributed by atoms with van der Waals surface area (Å²) < 4.78 is 7.27. The van der Waals surface area contributed by atoms with Crippen molar-refractivity contribution in [1.29, 1.82) is 0 Å². The molecule has 3 nitrogen and oxygen atoms in total. The third kappa shape index (κ3) is 4.22. The average Bonchev–Trinajstić information content (AvgIpc) is 2.90. The zero-order valence-corrected chi connectivity index (χ0v) is 14.9. The molecule has 0 bridgehead atoms. The minimum absolute atomic E-state index is 0.0291. The molecule has 0 aliphatic carbocycles. The molecule has 0 aliphatic heterocycles. The van der Waals surface area contributed by atoms with Crippen molar-refractivity contribution in [3.05, 3.63) is 45.1 Å². The molecule has 1 heterocycles. The van der Waals surface area contributed by atoms with Gasteiger partial charge in [0.25, 0.3) is 0 Å². The van der Waals surface area contributed by atoms with Gasteiger partial charge in [0.05, 0.1) is 0 Å². The van der Waals surface area contributed by atoms with Crippen LogP contribution < -0.4 is 15.4 Å². The van der Waals surface area contributed by atoms with E-state index in [9.17, 15) is 0 Å². The van der Waals surface area contributed by atoms with Crippen molar-refractivity contribution in [3.8, 4) is 5.75 Å². The number of hydrogen-bond donors (Lipinski definition) is 1. The van der Waals surface area contributed by atoms with Gasteiger partial charge in [-0.3, -0.25) is 0 Å². The quantitative estimate of drug-likeness (QED) is 0.819. The second kappa shape index (κ2) is 7.29. The molecule has 2 atom stereocenters. The van der Waals surface area contributed by atoms with Gasteiger partial charge in [0.2, 0.25) is 0 Å². The molecule has 2 rings (SSSR count). The molecule has 0 spiro atoms. The minimum atomic E-state index is -0.122. The van der Waals surface area contributed by atoms with Crippen molar-refractivity contribution in [3.63, 3.8) is 0 Å². The summed E-state index contributed by atoms with van der Waals surface area (Å²) in [4.78, 5) is 3.20. The smallest absolute Gasteiger partial charge is 0.148 e. The molecule has 0 radical (unpaired) electrons. The van der Waals surface area contributed by atoms with Gasteiger partial charge in [0.15, 0.2) is 0 Å². The second-order valence-corrected chi connectivity index (χ2v) is 7.03. The second-order valence-electron chi connectivity index (χ2n) is 5.17. The number of nitrogens with two attached hydrogens (primary N) is 1. The Hall–Kier alpha value is -1.04. The van der Waals surface area contributed by atoms with Crippen molar-refractivity contribution in [2.45, 2.75) is 25.5 Å². The molecule has 0 saturated heterocycles. The van der Waals surface area contributed by atoms with E-state index in [1.54, 1.807) is 11.3 Å². The van der Waals surface area contributed by atoms with E-state index < -0.39 is 0 Å². The third-order valence-corrected chi connectivity index (χ3v) is 5.08. The molecule has 2 unspecified atom stereocenters. The highest BCUT2D eigenvalue weighted by molar-refractivity contribution is 9.10. The zero-order chi connectivity index (χ0) is 15.4. The Bertz CT molecular complexity index is 585. The highest BCUT2D eigenvalue weighted by Gasteiger charge is 2.22. The van der Waals surface area contributed by atoms with E-state index in [-0.39, 0.29) is 12.1 Å². The summed E-state index contributed by atoms with van der Waals surface area (Å²) in [6, 6.07) is 10.1. The zero-order valence-electron chi connectivity index (χ0n) is 12.5. The van der Waals surface area contributed by atoms with Crippen LogP contribution in [-0.2, 0) is 0 Å². The summed E-state index contributed by atoms with van der Waals surface area (Å²) in [5.41, 5.74) is 7.37. The summed E-state index contributed by atoms with van der Waals surface area (Å²) in [6.07, 6.45) is 0.747. The van der Waals surface area contributed by atoms with Gasteiger partial charge >= 0.3 is 0 Å². The number of benzene rings is 1. The number of rotatable bonds is 6. The highest BCUT2D eigenvalue weighted by Crippen LogP contribution is 2.32. The molecule has 114 valence electrons. The van der Waals surface area contributed by atoms with Gasteiger partial charge in [-0.2, -0.15) is 0 Å². The predicted octanol–water partition coefficient (Wildman–Crippen LogP) is 4.43. The molecule has 1 aromatic heterocycles. The predicted molar refractivity (Wildman–Crippen MR) is 94.4 cm³/mol. The van der Waals surface area contributed by atoms with Crippen LogP contribution in [0.5, 0.6) is 5.75 Å². The molecule has 0 saturated carbocycles. The van der Waals surface area contributed by atoms with E-state index in [1.807, 2.05) is 32.3 Å². The summed E-state index contributed by atoms with van der Waals surface area (Å²) in [6.45, 7) is 2.08. The maximum atomic E-state index is 6.26. The summed E-state index contributed by atoms with van der Waals surface area (Å²) in [7, 11) is 4.04. The van der Waals surface area contributed by atoms with Crippen LogP contribution in [0.15, 0.2) is 40.2 Å². The Balaban J connectivity index is 2.25. The molecule has 21 heavy (non-hydrogen) atoms. The molecule has 5 heteroatoms. The number of ether oxygens (including phenoxy) is 1. The van der Waals surface area contributed by atoms with Crippen LogP contribution >= 0.6 is 27.3 Å². The minimum Gasteiger partial charge on any atom is -0.483 e. The van der Waals surface area contributed by atoms with E-state index in [2.05, 4.69) is 45.3 Å². The highest BCUT2D eigenvalue weighted by atomic mass is 79.9. The maximum Gasteiger partial charge on any atom is 0.148 e. The van der Waals surface area contributed by atoms with Gasteiger partial charge in [-0.05, 0) is 40.5 Å². The SMILES string of the molecule is CCC(N)C(Oc1cccc(N(C)C)c1)c1cc(Br)cs1. The Labute approximate surface area is 138 Å². The van der Waals surface area contributed by atoms with Crippen LogP contribution in [0, 0.1) is 0 Å². The van der Waals surface area contributed by atoms with Crippen molar-refractivity contribution < 1.29 is 4.74 Å². The fourth-order valence-electron chi connectivity index (χ4n) is 2.03. The number of halogens is 1. The van der Waals surface area contributed by atoms with Crippen molar-refractivity contribution in [2.24, 2.45) is 5.73 Å². The standard InChI is InChI=1S/C16H21BrN2OS/c1-4-14(18)16(15-8-11(17)10-21-15)20-13-7-5-6-12(9-13)19(2)3/h5-10,14,16H,4,18H2,1-3H3. The Kier molecular flexibility index (Phi) is 5.67. The lowest BCUT2D eigenvalue weighted by molar-refractivity contribution is 0.174. The largest absolute Gasteiger partial charge is 0.483 e. The van der Waals surface area contributed by atoms with E-state index in [0.717, 1.165) is 27.2 Å². The van der Waals surface area contributed by atoms with E-state index >= 15 is 0 Å². The lowest BCUT2D eigenvalue weighted by atomic mass is 10.1. The van der Waals surface area contributed by atoms with Crippen LogP contribution in [0.25, 0.3) is 0 Å². The van der Waals surface area contributed by atoms with E-state index in [4.69, 9.17) is 10.5 Å². The van der Waals surface area contributed by atoms with E-state index in [0.29, 0.717) is 0 Å². The van der Waals surface area contributed by atoms with Crippen LogP contribution in [0.3, 0.4) is 0 Å². The maximum absolute atomic E-state index is 6.26. The summed E-state index contributed by atoms with van der Waals surface area (Å²) >= 11 is 5.16. The van der Waals surface area contributed by atoms with Gasteiger partial charge in [0, 0.05) is 46.6 Å². The molecule has 1 aromatic carbocycles. The molecule has 0 aliphatic rings. The number of anilines is 1. The average molecular weight is 369 g/mol. The van der Waals surface area contributed by atoms with E-state index in [1.165, 1.54) is 0 Å². The molecular weight excluding hydrogens is 348 g/mol. The Morgan fingerprint density at radius 2 is 2.10 bits per heavy atom. The van der Waals surface area contributed by atoms with Gasteiger partial charge in [-0.15, -0.1) is 11.3 Å². The van der Waals surface area contributed by atoms with Crippen LogP contribution in [0.2, 0.25) is 0 Å². The van der Waals surface area contributed by atoms with Gasteiger partial charge in [-0.1, -0.05) is 13.0 Å². The van der Waals surface area contributed by atoms with Crippen molar-refractivity contribution >= 4 is 33.0 Å². The number of nitrogens with zero attached hydrogens (tertiary/aromatic N) is 1. The lowest BCUT2D eigenvalue weighted by Gasteiger charge is -2.24. The number of hydrogen-bond acceptors (Lipinski definition) is 4. The first-order valence-electron chi connectivity index (χ1n) is 6.94. The first-order valence-corrected chi connectivity index (χ1v) is 8.62.